The Bertz CT molecular complexity index is 325. The lowest BCUT2D eigenvalue weighted by atomic mass is 9.80. The van der Waals surface area contributed by atoms with Crippen LogP contribution in [-0.2, 0) is 9.59 Å². The zero-order valence-electron chi connectivity index (χ0n) is 12.6. The van der Waals surface area contributed by atoms with Gasteiger partial charge in [0, 0.05) is 25.9 Å². The lowest BCUT2D eigenvalue weighted by Gasteiger charge is -2.33. The van der Waals surface area contributed by atoms with Crippen molar-refractivity contribution < 1.29 is 14.7 Å². The molecular weight excluding hydrogens is 242 g/mol. The second-order valence-corrected chi connectivity index (χ2v) is 7.07. The molecule has 0 unspecified atom stereocenters. The first-order valence-corrected chi connectivity index (χ1v) is 7.16. The van der Waals surface area contributed by atoms with E-state index in [1.807, 2.05) is 11.9 Å². The highest BCUT2D eigenvalue weighted by atomic mass is 16.4. The molecule has 0 aromatic carbocycles. The Hall–Kier alpha value is -1.06. The van der Waals surface area contributed by atoms with Gasteiger partial charge in [0.15, 0.2) is 0 Å². The van der Waals surface area contributed by atoms with Crippen LogP contribution >= 0.6 is 0 Å². The molecule has 1 rings (SSSR count). The molecule has 0 heterocycles. The van der Waals surface area contributed by atoms with Crippen molar-refractivity contribution in [2.75, 3.05) is 13.6 Å². The van der Waals surface area contributed by atoms with Crippen LogP contribution in [0.4, 0.5) is 0 Å². The molecule has 0 aromatic heterocycles. The summed E-state index contributed by atoms with van der Waals surface area (Å²) >= 11 is 0. The van der Waals surface area contributed by atoms with Gasteiger partial charge in [-0.25, -0.2) is 0 Å². The van der Waals surface area contributed by atoms with Crippen LogP contribution in [0.2, 0.25) is 0 Å². The number of hydrogen-bond donors (Lipinski definition) is 1. The summed E-state index contributed by atoms with van der Waals surface area (Å²) in [6, 6.07) is 0. The van der Waals surface area contributed by atoms with Crippen molar-refractivity contribution in [3.05, 3.63) is 0 Å². The van der Waals surface area contributed by atoms with E-state index in [1.54, 1.807) is 0 Å². The average Bonchev–Trinajstić information content (AvgIpc) is 2.26. The molecule has 0 atom stereocenters. The summed E-state index contributed by atoms with van der Waals surface area (Å²) in [5.41, 5.74) is 0.116. The molecule has 4 heteroatoms. The summed E-state index contributed by atoms with van der Waals surface area (Å²) in [6.07, 6.45) is 3.66. The minimum absolute atomic E-state index is 0.0948. The Balaban J connectivity index is 2.42. The molecule has 0 aromatic rings. The topological polar surface area (TPSA) is 57.6 Å². The van der Waals surface area contributed by atoms with Gasteiger partial charge in [0.25, 0.3) is 0 Å². The van der Waals surface area contributed by atoms with Crippen LogP contribution < -0.4 is 0 Å². The van der Waals surface area contributed by atoms with Gasteiger partial charge in [0.2, 0.25) is 5.91 Å². The third-order valence-electron chi connectivity index (χ3n) is 3.75. The van der Waals surface area contributed by atoms with Crippen LogP contribution in [0.15, 0.2) is 0 Å². The van der Waals surface area contributed by atoms with Crippen LogP contribution in [0.25, 0.3) is 0 Å². The minimum atomic E-state index is -0.723. The molecule has 0 aliphatic heterocycles. The standard InChI is InChI=1S/C15H27NO3/c1-15(2,3)10-16(4)14(19)12-7-5-11(6-8-12)9-13(17)18/h11-12H,5-10H2,1-4H3,(H,17,18). The molecule has 1 amide bonds. The zero-order valence-corrected chi connectivity index (χ0v) is 12.6. The molecule has 0 bridgehead atoms. The number of carbonyl (C=O) groups excluding carboxylic acids is 1. The predicted octanol–water partition coefficient (Wildman–Crippen LogP) is 2.77. The van der Waals surface area contributed by atoms with Gasteiger partial charge in [-0.05, 0) is 37.0 Å². The number of rotatable bonds is 4. The van der Waals surface area contributed by atoms with E-state index in [9.17, 15) is 9.59 Å². The summed E-state index contributed by atoms with van der Waals surface area (Å²) in [6.45, 7) is 7.14. The highest BCUT2D eigenvalue weighted by Gasteiger charge is 2.30. The Kier molecular flexibility index (Phi) is 5.39. The number of carboxylic acid groups (broad SMARTS) is 1. The van der Waals surface area contributed by atoms with E-state index in [2.05, 4.69) is 20.8 Å². The van der Waals surface area contributed by atoms with Gasteiger partial charge in [-0.2, -0.15) is 0 Å². The fourth-order valence-electron chi connectivity index (χ4n) is 2.96. The molecule has 1 aliphatic carbocycles. The van der Waals surface area contributed by atoms with Gasteiger partial charge in [-0.15, -0.1) is 0 Å². The zero-order chi connectivity index (χ0) is 14.6. The van der Waals surface area contributed by atoms with Crippen molar-refractivity contribution in [1.82, 2.24) is 4.90 Å². The van der Waals surface area contributed by atoms with E-state index in [-0.39, 0.29) is 29.6 Å². The van der Waals surface area contributed by atoms with Gasteiger partial charge < -0.3 is 10.0 Å². The fourth-order valence-corrected chi connectivity index (χ4v) is 2.96. The molecule has 110 valence electrons. The number of carbonyl (C=O) groups is 2. The van der Waals surface area contributed by atoms with E-state index < -0.39 is 5.97 Å². The van der Waals surface area contributed by atoms with E-state index in [0.717, 1.165) is 32.2 Å². The first-order valence-electron chi connectivity index (χ1n) is 7.16. The summed E-state index contributed by atoms with van der Waals surface area (Å²) < 4.78 is 0. The molecule has 1 fully saturated rings. The highest BCUT2D eigenvalue weighted by Crippen LogP contribution is 2.32. The first-order chi connectivity index (χ1) is 8.69. The van der Waals surface area contributed by atoms with Crippen molar-refractivity contribution in [3.8, 4) is 0 Å². The quantitative estimate of drug-likeness (QED) is 0.853. The largest absolute Gasteiger partial charge is 0.481 e. The Morgan fingerprint density at radius 1 is 1.16 bits per heavy atom. The minimum Gasteiger partial charge on any atom is -0.481 e. The molecule has 1 N–H and O–H groups in total. The first kappa shape index (κ1) is 16.0. The molecule has 0 radical (unpaired) electrons. The van der Waals surface area contributed by atoms with Gasteiger partial charge in [-0.3, -0.25) is 9.59 Å². The fraction of sp³-hybridized carbons (Fsp3) is 0.867. The number of carboxylic acids is 1. The Morgan fingerprint density at radius 2 is 1.68 bits per heavy atom. The number of amides is 1. The summed E-state index contributed by atoms with van der Waals surface area (Å²) in [5.74, 6) is -0.143. The summed E-state index contributed by atoms with van der Waals surface area (Å²) in [4.78, 5) is 24.8. The van der Waals surface area contributed by atoms with Crippen molar-refractivity contribution in [2.24, 2.45) is 17.3 Å². The lowest BCUT2D eigenvalue weighted by molar-refractivity contribution is -0.139. The van der Waals surface area contributed by atoms with E-state index in [1.165, 1.54) is 0 Å². The molecular formula is C15H27NO3. The van der Waals surface area contributed by atoms with Crippen molar-refractivity contribution in [3.63, 3.8) is 0 Å². The maximum Gasteiger partial charge on any atom is 0.303 e. The highest BCUT2D eigenvalue weighted by molar-refractivity contribution is 5.78. The summed E-state index contributed by atoms with van der Waals surface area (Å²) in [7, 11) is 1.87. The molecule has 0 saturated heterocycles. The monoisotopic (exact) mass is 269 g/mol. The van der Waals surface area contributed by atoms with Gasteiger partial charge in [0.05, 0.1) is 0 Å². The second kappa shape index (κ2) is 6.40. The third kappa shape index (κ3) is 5.62. The smallest absolute Gasteiger partial charge is 0.303 e. The van der Waals surface area contributed by atoms with Crippen LogP contribution in [0.5, 0.6) is 0 Å². The average molecular weight is 269 g/mol. The molecule has 0 spiro atoms. The van der Waals surface area contributed by atoms with Crippen molar-refractivity contribution in [1.29, 1.82) is 0 Å². The van der Waals surface area contributed by atoms with Crippen LogP contribution in [0, 0.1) is 17.3 Å². The van der Waals surface area contributed by atoms with Crippen LogP contribution in [0.3, 0.4) is 0 Å². The number of aliphatic carboxylic acids is 1. The molecule has 19 heavy (non-hydrogen) atoms. The number of hydrogen-bond acceptors (Lipinski definition) is 2. The van der Waals surface area contributed by atoms with Gasteiger partial charge in [0.1, 0.15) is 0 Å². The molecule has 1 aliphatic rings. The summed E-state index contributed by atoms with van der Waals surface area (Å²) in [5, 5.41) is 8.78. The lowest BCUT2D eigenvalue weighted by Crippen LogP contribution is -2.39. The second-order valence-electron chi connectivity index (χ2n) is 7.07. The normalized spacial score (nSPS) is 24.0. The third-order valence-corrected chi connectivity index (χ3v) is 3.75. The Morgan fingerprint density at radius 3 is 2.11 bits per heavy atom. The van der Waals surface area contributed by atoms with Crippen molar-refractivity contribution >= 4 is 11.9 Å². The van der Waals surface area contributed by atoms with E-state index in [0.29, 0.717) is 0 Å². The van der Waals surface area contributed by atoms with Crippen LogP contribution in [0.1, 0.15) is 52.9 Å². The molecule has 1 saturated carbocycles. The Labute approximate surface area is 116 Å². The maximum absolute atomic E-state index is 12.3. The van der Waals surface area contributed by atoms with Gasteiger partial charge in [-0.1, -0.05) is 20.8 Å². The maximum atomic E-state index is 12.3. The van der Waals surface area contributed by atoms with Gasteiger partial charge >= 0.3 is 5.97 Å². The molecule has 4 nitrogen and oxygen atoms in total. The van der Waals surface area contributed by atoms with Crippen LogP contribution in [-0.4, -0.2) is 35.5 Å². The van der Waals surface area contributed by atoms with E-state index >= 15 is 0 Å². The SMILES string of the molecule is CN(CC(C)(C)C)C(=O)C1CCC(CC(=O)O)CC1. The van der Waals surface area contributed by atoms with E-state index in [4.69, 9.17) is 5.11 Å². The number of nitrogens with zero attached hydrogens (tertiary/aromatic N) is 1. The van der Waals surface area contributed by atoms with Crippen molar-refractivity contribution in [2.45, 2.75) is 52.9 Å². The predicted molar refractivity (Wildman–Crippen MR) is 74.8 cm³/mol.